The molecular formula is C15H17BF2N2O2S. The van der Waals surface area contributed by atoms with Crippen molar-refractivity contribution in [2.75, 3.05) is 6.61 Å². The molecule has 0 saturated heterocycles. The Bertz CT molecular complexity index is 690. The number of aryl methyl sites for hydroxylation is 2. The van der Waals surface area contributed by atoms with E-state index < -0.39 is 17.9 Å². The summed E-state index contributed by atoms with van der Waals surface area (Å²) in [5.41, 5.74) is 0.331. The second kappa shape index (κ2) is 7.54. The van der Waals surface area contributed by atoms with Crippen LogP contribution in [0, 0.1) is 0 Å². The molecule has 0 bridgehead atoms. The van der Waals surface area contributed by atoms with E-state index in [2.05, 4.69) is 0 Å². The third-order valence-corrected chi connectivity index (χ3v) is 4.30. The molecule has 1 atom stereocenters. The minimum absolute atomic E-state index is 0.133. The number of thiophene rings is 1. The van der Waals surface area contributed by atoms with Gasteiger partial charge >= 0.3 is 0 Å². The average molecular weight is 338 g/mol. The van der Waals surface area contributed by atoms with Crippen LogP contribution in [0.4, 0.5) is 8.78 Å². The van der Waals surface area contributed by atoms with Crippen LogP contribution < -0.4 is 10.3 Å². The maximum atomic E-state index is 13.6. The Hall–Kier alpha value is -1.96. The zero-order chi connectivity index (χ0) is 17.0. The number of hydrogen-bond donors (Lipinski definition) is 0. The number of nitrogens with zero attached hydrogens (tertiary/aromatic N) is 2. The first-order chi connectivity index (χ1) is 11.0. The summed E-state index contributed by atoms with van der Waals surface area (Å²) in [4.78, 5) is 12.7. The van der Waals surface area contributed by atoms with Crippen molar-refractivity contribution in [3.8, 4) is 0 Å². The Balaban J connectivity index is 2.45. The standard InChI is InChI=1S/C15H17BF2N2O2S/c1-4-22-14(21)12(16-15-19(2)7-8-20(15)3)11(13(17)18)10-6-5-9-23-10/h5-9,12H,4H2,1-3H3. The van der Waals surface area contributed by atoms with Gasteiger partial charge in [0, 0.05) is 16.2 Å². The fourth-order valence-corrected chi connectivity index (χ4v) is 3.07. The van der Waals surface area contributed by atoms with Crippen LogP contribution in [0.5, 0.6) is 0 Å². The molecule has 0 amide bonds. The van der Waals surface area contributed by atoms with Gasteiger partial charge in [-0.25, -0.2) is 0 Å². The van der Waals surface area contributed by atoms with Crippen LogP contribution in [0.1, 0.15) is 11.8 Å². The van der Waals surface area contributed by atoms with Crippen LogP contribution in [0.15, 0.2) is 36.0 Å². The highest BCUT2D eigenvalue weighted by molar-refractivity contribution is 7.11. The third kappa shape index (κ3) is 3.87. The summed E-state index contributed by atoms with van der Waals surface area (Å²) in [6.45, 7) is 1.78. The second-order valence-corrected chi connectivity index (χ2v) is 5.87. The Morgan fingerprint density at radius 3 is 2.74 bits per heavy atom. The zero-order valence-electron chi connectivity index (χ0n) is 13.1. The number of aromatic nitrogens is 2. The predicted octanol–water partition coefficient (Wildman–Crippen LogP) is 1.90. The number of halogens is 2. The quantitative estimate of drug-likeness (QED) is 0.458. The van der Waals surface area contributed by atoms with Gasteiger partial charge in [-0.05, 0) is 18.4 Å². The number of carbonyl (C=O) groups excluding carboxylic acids is 1. The van der Waals surface area contributed by atoms with Crippen molar-refractivity contribution in [1.29, 1.82) is 0 Å². The van der Waals surface area contributed by atoms with E-state index in [1.807, 2.05) is 0 Å². The highest BCUT2D eigenvalue weighted by atomic mass is 32.1. The lowest BCUT2D eigenvalue weighted by Crippen LogP contribution is -2.51. The summed E-state index contributed by atoms with van der Waals surface area (Å²) in [6.07, 6.45) is 1.70. The molecule has 0 aliphatic rings. The summed E-state index contributed by atoms with van der Waals surface area (Å²) < 4.78 is 35.7. The predicted molar refractivity (Wildman–Crippen MR) is 85.8 cm³/mol. The molecule has 0 N–H and O–H groups in total. The van der Waals surface area contributed by atoms with E-state index in [1.165, 1.54) is 7.28 Å². The molecule has 23 heavy (non-hydrogen) atoms. The fourth-order valence-electron chi connectivity index (χ4n) is 2.28. The second-order valence-electron chi connectivity index (χ2n) is 4.93. The Kier molecular flexibility index (Phi) is 5.71. The van der Waals surface area contributed by atoms with Gasteiger partial charge in [0.2, 0.25) is 0 Å². The number of rotatable bonds is 6. The number of imidazole rings is 1. The lowest BCUT2D eigenvalue weighted by molar-refractivity contribution is -0.653. The molecule has 2 aromatic heterocycles. The van der Waals surface area contributed by atoms with E-state index in [0.717, 1.165) is 11.3 Å². The van der Waals surface area contributed by atoms with E-state index in [4.69, 9.17) is 4.74 Å². The lowest BCUT2D eigenvalue weighted by atomic mass is 9.60. The molecule has 0 aromatic carbocycles. The van der Waals surface area contributed by atoms with Crippen LogP contribution in [0.25, 0.3) is 5.57 Å². The molecule has 2 heterocycles. The fraction of sp³-hybridized carbons (Fsp3) is 0.333. The molecule has 0 spiro atoms. The van der Waals surface area contributed by atoms with Crippen molar-refractivity contribution in [2.24, 2.45) is 14.1 Å². The first kappa shape index (κ1) is 17.4. The van der Waals surface area contributed by atoms with Gasteiger partial charge in [0.15, 0.2) is 0 Å². The Morgan fingerprint density at radius 2 is 2.26 bits per heavy atom. The topological polar surface area (TPSA) is 35.1 Å². The van der Waals surface area contributed by atoms with Crippen molar-refractivity contribution < 1.29 is 22.9 Å². The summed E-state index contributed by atoms with van der Waals surface area (Å²) in [5, 5.41) is 1.70. The van der Waals surface area contributed by atoms with Crippen LogP contribution >= 0.6 is 11.3 Å². The molecule has 0 aliphatic heterocycles. The van der Waals surface area contributed by atoms with Crippen molar-refractivity contribution in [2.45, 2.75) is 12.7 Å². The van der Waals surface area contributed by atoms with E-state index >= 15 is 0 Å². The average Bonchev–Trinajstić information content (AvgIpc) is 3.11. The maximum absolute atomic E-state index is 13.6. The smallest absolute Gasteiger partial charge is 0.272 e. The van der Waals surface area contributed by atoms with Gasteiger partial charge in [-0.2, -0.15) is 16.1 Å². The van der Waals surface area contributed by atoms with Gasteiger partial charge < -0.3 is 4.74 Å². The monoisotopic (exact) mass is 338 g/mol. The third-order valence-electron chi connectivity index (χ3n) is 3.39. The van der Waals surface area contributed by atoms with Crippen molar-refractivity contribution >= 4 is 35.9 Å². The molecule has 2 radical (unpaired) electrons. The van der Waals surface area contributed by atoms with Gasteiger partial charge in [-0.15, -0.1) is 11.3 Å². The summed E-state index contributed by atoms with van der Waals surface area (Å²) >= 11 is 1.16. The maximum Gasteiger partial charge on any atom is 0.272 e. The van der Waals surface area contributed by atoms with Crippen molar-refractivity contribution in [3.63, 3.8) is 0 Å². The van der Waals surface area contributed by atoms with Gasteiger partial charge in [0.05, 0.1) is 20.7 Å². The van der Waals surface area contributed by atoms with Gasteiger partial charge in [0.1, 0.15) is 12.4 Å². The van der Waals surface area contributed by atoms with Crippen molar-refractivity contribution in [3.05, 3.63) is 40.9 Å². The molecule has 0 saturated carbocycles. The highest BCUT2D eigenvalue weighted by Crippen LogP contribution is 2.35. The molecule has 122 valence electrons. The largest absolute Gasteiger partial charge is 0.468 e. The minimum atomic E-state index is -1.88. The van der Waals surface area contributed by atoms with Crippen LogP contribution in [0.3, 0.4) is 0 Å². The molecule has 0 fully saturated rings. The Labute approximate surface area is 138 Å². The number of esters is 1. The number of ether oxygens (including phenoxy) is 1. The summed E-state index contributed by atoms with van der Waals surface area (Å²) in [6, 6.07) is 3.25. The molecular weight excluding hydrogens is 321 g/mol. The van der Waals surface area contributed by atoms with E-state index in [0.29, 0.717) is 10.6 Å². The zero-order valence-corrected chi connectivity index (χ0v) is 13.9. The van der Waals surface area contributed by atoms with Gasteiger partial charge in [0.25, 0.3) is 12.0 Å². The molecule has 8 heteroatoms. The van der Waals surface area contributed by atoms with Crippen LogP contribution in [-0.4, -0.2) is 24.4 Å². The molecule has 2 aromatic rings. The van der Waals surface area contributed by atoms with E-state index in [9.17, 15) is 13.6 Å². The van der Waals surface area contributed by atoms with Crippen molar-refractivity contribution in [1.82, 2.24) is 4.57 Å². The summed E-state index contributed by atoms with van der Waals surface area (Å²) in [5.74, 6) is -1.86. The Morgan fingerprint density at radius 1 is 1.52 bits per heavy atom. The normalized spacial score (nSPS) is 12.0. The van der Waals surface area contributed by atoms with E-state index in [-0.39, 0.29) is 12.2 Å². The van der Waals surface area contributed by atoms with Gasteiger partial charge in [-0.1, -0.05) is 11.9 Å². The van der Waals surface area contributed by atoms with E-state index in [1.54, 1.807) is 60.1 Å². The molecule has 1 unspecified atom stereocenters. The SMILES string of the molecule is CCOC(=O)C([B-]c1n(C)cc[n+]1C)C(=C(F)F)c1cccs1. The molecule has 4 nitrogen and oxygen atoms in total. The van der Waals surface area contributed by atoms with Crippen LogP contribution in [-0.2, 0) is 23.6 Å². The first-order valence-corrected chi connectivity index (χ1v) is 7.95. The summed E-state index contributed by atoms with van der Waals surface area (Å²) in [7, 11) is 5.08. The molecule has 2 rings (SSSR count). The first-order valence-electron chi connectivity index (χ1n) is 7.07. The van der Waals surface area contributed by atoms with Gasteiger partial charge in [-0.3, -0.25) is 13.9 Å². The number of hydrogen-bond acceptors (Lipinski definition) is 3. The highest BCUT2D eigenvalue weighted by Gasteiger charge is 2.24. The molecule has 0 aliphatic carbocycles. The minimum Gasteiger partial charge on any atom is -0.468 e. The number of carbonyl (C=O) groups is 1. The lowest BCUT2D eigenvalue weighted by Gasteiger charge is -2.26. The van der Waals surface area contributed by atoms with Crippen LogP contribution in [0.2, 0.25) is 5.82 Å².